The number of aliphatic hydroxyl groups is 1. The van der Waals surface area contributed by atoms with Crippen LogP contribution in [0.5, 0.6) is 0 Å². The zero-order valence-electron chi connectivity index (χ0n) is 7.91. The lowest BCUT2D eigenvalue weighted by atomic mass is 10.2. The van der Waals surface area contributed by atoms with Crippen LogP contribution in [0, 0.1) is 0 Å². The molecule has 0 saturated carbocycles. The van der Waals surface area contributed by atoms with Crippen LogP contribution >= 0.6 is 0 Å². The monoisotopic (exact) mass is 178 g/mol. The van der Waals surface area contributed by atoms with Crippen LogP contribution in [0.3, 0.4) is 0 Å². The molecule has 0 amide bonds. The molecule has 13 heavy (non-hydrogen) atoms. The molecule has 0 saturated heterocycles. The smallest absolute Gasteiger partial charge is 0.0882 e. The lowest BCUT2D eigenvalue weighted by molar-refractivity contribution is 0.276. The summed E-state index contributed by atoms with van der Waals surface area (Å²) in [5.41, 5.74) is 2.72. The van der Waals surface area contributed by atoms with Crippen molar-refractivity contribution in [3.8, 4) is 0 Å². The molecule has 3 heteroatoms. The molecule has 1 aromatic heterocycles. The molecule has 2 N–H and O–H groups in total. The highest BCUT2D eigenvalue weighted by Crippen LogP contribution is 2.11. The number of allylic oxidation sites excluding steroid dienone is 4. The Morgan fingerprint density at radius 2 is 2.46 bits per heavy atom. The van der Waals surface area contributed by atoms with E-state index in [1.54, 1.807) is 0 Å². The Morgan fingerprint density at radius 3 is 3.00 bits per heavy atom. The second-order valence-corrected chi connectivity index (χ2v) is 2.81. The van der Waals surface area contributed by atoms with Crippen LogP contribution in [0.1, 0.15) is 25.2 Å². The zero-order valence-corrected chi connectivity index (χ0v) is 7.91. The first-order chi connectivity index (χ1) is 6.27. The highest BCUT2D eigenvalue weighted by Gasteiger charge is 1.99. The van der Waals surface area contributed by atoms with Crippen molar-refractivity contribution in [1.82, 2.24) is 10.2 Å². The van der Waals surface area contributed by atoms with Gasteiger partial charge < -0.3 is 5.11 Å². The van der Waals surface area contributed by atoms with Crippen molar-refractivity contribution >= 4 is 5.57 Å². The Morgan fingerprint density at radius 1 is 1.69 bits per heavy atom. The van der Waals surface area contributed by atoms with Crippen LogP contribution in [0.15, 0.2) is 24.3 Å². The van der Waals surface area contributed by atoms with Crippen molar-refractivity contribution in [1.29, 1.82) is 0 Å². The van der Waals surface area contributed by atoms with Crippen molar-refractivity contribution in [3.63, 3.8) is 0 Å². The molecule has 1 rings (SSSR count). The van der Waals surface area contributed by atoms with Gasteiger partial charge in [-0.3, -0.25) is 5.10 Å². The van der Waals surface area contributed by atoms with E-state index in [9.17, 15) is 0 Å². The van der Waals surface area contributed by atoms with E-state index in [4.69, 9.17) is 5.11 Å². The summed E-state index contributed by atoms with van der Waals surface area (Å²) in [6.07, 6.45) is 5.93. The van der Waals surface area contributed by atoms with E-state index < -0.39 is 0 Å². The average Bonchev–Trinajstić information content (AvgIpc) is 2.62. The Bertz CT molecular complexity index is 323. The molecule has 0 aliphatic carbocycles. The van der Waals surface area contributed by atoms with E-state index in [0.717, 1.165) is 11.3 Å². The van der Waals surface area contributed by atoms with E-state index in [0.29, 0.717) is 5.69 Å². The lowest BCUT2D eigenvalue weighted by Crippen LogP contribution is -1.79. The van der Waals surface area contributed by atoms with Gasteiger partial charge in [0.15, 0.2) is 0 Å². The van der Waals surface area contributed by atoms with E-state index in [-0.39, 0.29) is 6.61 Å². The predicted octanol–water partition coefficient (Wildman–Crippen LogP) is 1.88. The molecular weight excluding hydrogens is 164 g/mol. The maximum atomic E-state index is 8.79. The van der Waals surface area contributed by atoms with Gasteiger partial charge in [-0.05, 0) is 25.5 Å². The topological polar surface area (TPSA) is 48.9 Å². The summed E-state index contributed by atoms with van der Waals surface area (Å²) in [4.78, 5) is 0. The minimum absolute atomic E-state index is 0.0204. The third kappa shape index (κ3) is 2.56. The number of H-pyrrole nitrogens is 1. The molecule has 0 aliphatic heterocycles. The summed E-state index contributed by atoms with van der Waals surface area (Å²) in [5.74, 6) is 0. The summed E-state index contributed by atoms with van der Waals surface area (Å²) in [6, 6.07) is 1.84. The number of aromatic nitrogens is 2. The number of rotatable bonds is 3. The van der Waals surface area contributed by atoms with Crippen molar-refractivity contribution < 1.29 is 5.11 Å². The number of hydrogen-bond acceptors (Lipinski definition) is 2. The van der Waals surface area contributed by atoms with Gasteiger partial charge in [0, 0.05) is 0 Å². The summed E-state index contributed by atoms with van der Waals surface area (Å²) < 4.78 is 0. The molecule has 0 atom stereocenters. The van der Waals surface area contributed by atoms with Gasteiger partial charge in [0.1, 0.15) is 0 Å². The van der Waals surface area contributed by atoms with Crippen LogP contribution < -0.4 is 0 Å². The zero-order chi connectivity index (χ0) is 9.68. The Balaban J connectivity index is 2.82. The largest absolute Gasteiger partial charge is 0.390 e. The summed E-state index contributed by atoms with van der Waals surface area (Å²) in [7, 11) is 0. The Hall–Kier alpha value is -1.35. The number of aliphatic hydroxyl groups excluding tert-OH is 1. The average molecular weight is 178 g/mol. The maximum Gasteiger partial charge on any atom is 0.0882 e. The third-order valence-electron chi connectivity index (χ3n) is 1.76. The summed E-state index contributed by atoms with van der Waals surface area (Å²) in [6.45, 7) is 3.94. The van der Waals surface area contributed by atoms with Crippen molar-refractivity contribution in [2.75, 3.05) is 0 Å². The van der Waals surface area contributed by atoms with Crippen LogP contribution in [-0.4, -0.2) is 15.3 Å². The molecule has 0 radical (unpaired) electrons. The first-order valence-corrected chi connectivity index (χ1v) is 4.23. The van der Waals surface area contributed by atoms with E-state index in [1.165, 1.54) is 0 Å². The SMILES string of the molecule is C/C=C\C=C(/C)c1cc(CO)n[nH]1. The van der Waals surface area contributed by atoms with Gasteiger partial charge in [0.2, 0.25) is 0 Å². The molecule has 0 aliphatic rings. The second kappa shape index (κ2) is 4.62. The van der Waals surface area contributed by atoms with E-state index in [1.807, 2.05) is 38.1 Å². The molecular formula is C10H14N2O. The van der Waals surface area contributed by atoms with Gasteiger partial charge in [0.05, 0.1) is 18.0 Å². The number of aromatic amines is 1. The fourth-order valence-electron chi connectivity index (χ4n) is 0.977. The van der Waals surface area contributed by atoms with Gasteiger partial charge >= 0.3 is 0 Å². The first-order valence-electron chi connectivity index (χ1n) is 4.23. The first kappa shape index (κ1) is 9.74. The normalized spacial score (nSPS) is 12.7. The molecule has 0 spiro atoms. The molecule has 3 nitrogen and oxygen atoms in total. The minimum Gasteiger partial charge on any atom is -0.390 e. The standard InChI is InChI=1S/C10H14N2O/c1-3-4-5-8(2)10-6-9(7-13)11-12-10/h3-6,13H,7H2,1-2H3,(H,11,12)/b4-3-,8-5+. The molecule has 0 bridgehead atoms. The van der Waals surface area contributed by atoms with Crippen molar-refractivity contribution in [3.05, 3.63) is 35.7 Å². The van der Waals surface area contributed by atoms with E-state index >= 15 is 0 Å². The molecule has 70 valence electrons. The van der Waals surface area contributed by atoms with Crippen LogP contribution in [0.2, 0.25) is 0 Å². The lowest BCUT2D eigenvalue weighted by Gasteiger charge is -1.92. The maximum absolute atomic E-state index is 8.79. The highest BCUT2D eigenvalue weighted by atomic mass is 16.3. The van der Waals surface area contributed by atoms with Gasteiger partial charge in [-0.15, -0.1) is 0 Å². The quantitative estimate of drug-likeness (QED) is 0.694. The molecule has 0 aromatic carbocycles. The molecule has 1 aromatic rings. The van der Waals surface area contributed by atoms with Gasteiger partial charge in [0.25, 0.3) is 0 Å². The van der Waals surface area contributed by atoms with Crippen molar-refractivity contribution in [2.45, 2.75) is 20.5 Å². The summed E-state index contributed by atoms with van der Waals surface area (Å²) >= 11 is 0. The molecule has 1 heterocycles. The minimum atomic E-state index is -0.0204. The second-order valence-electron chi connectivity index (χ2n) is 2.81. The molecule has 0 unspecified atom stereocenters. The van der Waals surface area contributed by atoms with Crippen LogP contribution in [0.25, 0.3) is 5.57 Å². The molecule has 0 fully saturated rings. The third-order valence-corrected chi connectivity index (χ3v) is 1.76. The van der Waals surface area contributed by atoms with Gasteiger partial charge in [-0.1, -0.05) is 18.2 Å². The van der Waals surface area contributed by atoms with E-state index in [2.05, 4.69) is 10.2 Å². The fraction of sp³-hybridized carbons (Fsp3) is 0.300. The van der Waals surface area contributed by atoms with Crippen LogP contribution in [-0.2, 0) is 6.61 Å². The Labute approximate surface area is 77.8 Å². The number of nitrogens with zero attached hydrogens (tertiary/aromatic N) is 1. The predicted molar refractivity (Wildman–Crippen MR) is 53.0 cm³/mol. The Kier molecular flexibility index (Phi) is 3.46. The fourth-order valence-corrected chi connectivity index (χ4v) is 0.977. The van der Waals surface area contributed by atoms with Gasteiger partial charge in [-0.2, -0.15) is 5.10 Å². The number of nitrogens with one attached hydrogen (secondary N) is 1. The highest BCUT2D eigenvalue weighted by molar-refractivity contribution is 5.62. The van der Waals surface area contributed by atoms with Crippen LogP contribution in [0.4, 0.5) is 0 Å². The van der Waals surface area contributed by atoms with Crippen molar-refractivity contribution in [2.24, 2.45) is 0 Å². The number of hydrogen-bond donors (Lipinski definition) is 2. The van der Waals surface area contributed by atoms with Gasteiger partial charge in [-0.25, -0.2) is 0 Å². The summed E-state index contributed by atoms with van der Waals surface area (Å²) in [5, 5.41) is 15.6.